The summed E-state index contributed by atoms with van der Waals surface area (Å²) in [5.74, 6) is -1.04. The highest BCUT2D eigenvalue weighted by molar-refractivity contribution is 7.89. The number of ether oxygens (including phenoxy) is 1. The van der Waals surface area contributed by atoms with Gasteiger partial charge in [0.05, 0.1) is 16.5 Å². The van der Waals surface area contributed by atoms with Gasteiger partial charge in [-0.25, -0.2) is 13.1 Å². The first-order valence-corrected chi connectivity index (χ1v) is 11.8. The molecule has 0 bridgehead atoms. The highest BCUT2D eigenvalue weighted by Gasteiger charge is 2.22. The Kier molecular flexibility index (Phi) is 9.31. The van der Waals surface area contributed by atoms with Gasteiger partial charge in [-0.3, -0.25) is 9.59 Å². The Morgan fingerprint density at radius 2 is 1.65 bits per heavy atom. The predicted molar refractivity (Wildman–Crippen MR) is 119 cm³/mol. The standard InChI is InChI=1S/C21H24Cl2N2O5S/c1-15(2)25(13-16-7-4-3-5-8-16)19(26)14-30-20(27)11-12-24-31(28,29)21-17(22)9-6-10-18(21)23/h3-10,15,24H,11-14H2,1-2H3. The van der Waals surface area contributed by atoms with Crippen LogP contribution in [0.25, 0.3) is 0 Å². The molecule has 1 N–H and O–H groups in total. The summed E-state index contributed by atoms with van der Waals surface area (Å²) in [4.78, 5) is 25.8. The van der Waals surface area contributed by atoms with Crippen molar-refractivity contribution >= 4 is 45.1 Å². The summed E-state index contributed by atoms with van der Waals surface area (Å²) in [5, 5.41) is -0.0549. The van der Waals surface area contributed by atoms with E-state index >= 15 is 0 Å². The van der Waals surface area contributed by atoms with Crippen molar-refractivity contribution in [3.05, 3.63) is 64.1 Å². The fourth-order valence-electron chi connectivity index (χ4n) is 2.74. The summed E-state index contributed by atoms with van der Waals surface area (Å²) in [6, 6.07) is 13.7. The second-order valence-electron chi connectivity index (χ2n) is 6.96. The van der Waals surface area contributed by atoms with E-state index in [-0.39, 0.29) is 39.9 Å². The van der Waals surface area contributed by atoms with Gasteiger partial charge in [-0.1, -0.05) is 59.6 Å². The molecule has 0 heterocycles. The molecule has 2 aromatic rings. The Labute approximate surface area is 192 Å². The predicted octanol–water partition coefficient (Wildman–Crippen LogP) is 3.64. The van der Waals surface area contributed by atoms with Gasteiger partial charge in [-0.05, 0) is 31.5 Å². The van der Waals surface area contributed by atoms with E-state index in [1.54, 1.807) is 4.90 Å². The number of hydrogen-bond acceptors (Lipinski definition) is 5. The summed E-state index contributed by atoms with van der Waals surface area (Å²) in [7, 11) is -4.00. The van der Waals surface area contributed by atoms with E-state index in [0.29, 0.717) is 6.54 Å². The van der Waals surface area contributed by atoms with Crippen molar-refractivity contribution in [2.24, 2.45) is 0 Å². The lowest BCUT2D eigenvalue weighted by Gasteiger charge is -2.26. The molecule has 31 heavy (non-hydrogen) atoms. The van der Waals surface area contributed by atoms with Crippen LogP contribution in [-0.4, -0.2) is 44.4 Å². The molecule has 0 aromatic heterocycles. The van der Waals surface area contributed by atoms with Crippen LogP contribution >= 0.6 is 23.2 Å². The molecular weight excluding hydrogens is 463 g/mol. The molecule has 0 aliphatic carbocycles. The number of benzene rings is 2. The van der Waals surface area contributed by atoms with Crippen LogP contribution in [0.1, 0.15) is 25.8 Å². The van der Waals surface area contributed by atoms with E-state index in [1.165, 1.54) is 18.2 Å². The Bertz CT molecular complexity index is 993. The minimum Gasteiger partial charge on any atom is -0.456 e. The van der Waals surface area contributed by atoms with Crippen LogP contribution in [0.15, 0.2) is 53.4 Å². The number of esters is 1. The molecule has 1 amide bonds. The second-order valence-corrected chi connectivity index (χ2v) is 9.48. The van der Waals surface area contributed by atoms with Gasteiger partial charge in [-0.15, -0.1) is 0 Å². The Hall–Kier alpha value is -2.13. The van der Waals surface area contributed by atoms with Crippen molar-refractivity contribution in [2.75, 3.05) is 13.2 Å². The van der Waals surface area contributed by atoms with Crippen LogP contribution in [0.2, 0.25) is 10.0 Å². The van der Waals surface area contributed by atoms with Gasteiger partial charge in [0.2, 0.25) is 10.0 Å². The van der Waals surface area contributed by atoms with Gasteiger partial charge in [-0.2, -0.15) is 0 Å². The summed E-state index contributed by atoms with van der Waals surface area (Å²) >= 11 is 11.8. The smallest absolute Gasteiger partial charge is 0.307 e. The SMILES string of the molecule is CC(C)N(Cc1ccccc1)C(=O)COC(=O)CCNS(=O)(=O)c1c(Cl)cccc1Cl. The highest BCUT2D eigenvalue weighted by atomic mass is 35.5. The average Bonchev–Trinajstić information content (AvgIpc) is 2.70. The number of amides is 1. The van der Waals surface area contributed by atoms with Crippen molar-refractivity contribution in [2.45, 2.75) is 37.8 Å². The zero-order valence-corrected chi connectivity index (χ0v) is 19.5. The summed E-state index contributed by atoms with van der Waals surface area (Å²) in [6.45, 7) is 3.49. The van der Waals surface area contributed by atoms with Gasteiger partial charge >= 0.3 is 5.97 Å². The van der Waals surface area contributed by atoms with Crippen molar-refractivity contribution < 1.29 is 22.7 Å². The number of hydrogen-bond donors (Lipinski definition) is 1. The topological polar surface area (TPSA) is 92.8 Å². The van der Waals surface area contributed by atoms with E-state index in [9.17, 15) is 18.0 Å². The third kappa shape index (κ3) is 7.50. The number of nitrogens with zero attached hydrogens (tertiary/aromatic N) is 1. The van der Waals surface area contributed by atoms with Gasteiger partial charge in [0.25, 0.3) is 5.91 Å². The molecule has 2 aromatic carbocycles. The Balaban J connectivity index is 1.85. The zero-order chi connectivity index (χ0) is 23.0. The molecule has 10 heteroatoms. The monoisotopic (exact) mass is 486 g/mol. The van der Waals surface area contributed by atoms with Crippen molar-refractivity contribution in [1.82, 2.24) is 9.62 Å². The first-order chi connectivity index (χ1) is 14.6. The minimum atomic E-state index is -4.00. The molecule has 0 saturated heterocycles. The third-order valence-electron chi connectivity index (χ3n) is 4.30. The molecule has 0 spiro atoms. The van der Waals surface area contributed by atoms with Gasteiger partial charge in [0.15, 0.2) is 6.61 Å². The van der Waals surface area contributed by atoms with Crippen LogP contribution in [0.4, 0.5) is 0 Å². The van der Waals surface area contributed by atoms with E-state index in [0.717, 1.165) is 5.56 Å². The maximum Gasteiger partial charge on any atom is 0.307 e. The fourth-order valence-corrected chi connectivity index (χ4v) is 4.91. The van der Waals surface area contributed by atoms with E-state index in [1.807, 2.05) is 44.2 Å². The van der Waals surface area contributed by atoms with Crippen LogP contribution < -0.4 is 4.72 Å². The number of carbonyl (C=O) groups is 2. The number of rotatable bonds is 10. The van der Waals surface area contributed by atoms with Crippen LogP contribution in [-0.2, 0) is 30.9 Å². The summed E-state index contributed by atoms with van der Waals surface area (Å²) in [6.07, 6.45) is -0.255. The maximum absolute atomic E-state index is 12.5. The quantitative estimate of drug-likeness (QED) is 0.517. The third-order valence-corrected chi connectivity index (χ3v) is 6.72. The van der Waals surface area contributed by atoms with Crippen molar-refractivity contribution in [3.8, 4) is 0 Å². The Morgan fingerprint density at radius 1 is 1.03 bits per heavy atom. The van der Waals surface area contributed by atoms with Crippen molar-refractivity contribution in [1.29, 1.82) is 0 Å². The number of sulfonamides is 1. The van der Waals surface area contributed by atoms with Gasteiger partial charge in [0, 0.05) is 19.1 Å². The first kappa shape index (κ1) is 25.1. The second kappa shape index (κ2) is 11.5. The number of nitrogens with one attached hydrogen (secondary N) is 1. The molecule has 0 unspecified atom stereocenters. The molecule has 0 atom stereocenters. The fraction of sp³-hybridized carbons (Fsp3) is 0.333. The minimum absolute atomic E-state index is 0.0274. The lowest BCUT2D eigenvalue weighted by molar-refractivity contribution is -0.153. The van der Waals surface area contributed by atoms with Crippen molar-refractivity contribution in [3.63, 3.8) is 0 Å². The van der Waals surface area contributed by atoms with E-state index in [4.69, 9.17) is 27.9 Å². The van der Waals surface area contributed by atoms with E-state index in [2.05, 4.69) is 4.72 Å². The molecule has 2 rings (SSSR count). The molecule has 7 nitrogen and oxygen atoms in total. The molecule has 0 fully saturated rings. The van der Waals surface area contributed by atoms with Crippen LogP contribution in [0.3, 0.4) is 0 Å². The molecule has 0 aliphatic rings. The molecule has 0 aliphatic heterocycles. The molecule has 168 valence electrons. The zero-order valence-electron chi connectivity index (χ0n) is 17.2. The largest absolute Gasteiger partial charge is 0.456 e. The van der Waals surface area contributed by atoms with Gasteiger partial charge in [0.1, 0.15) is 4.90 Å². The summed E-state index contributed by atoms with van der Waals surface area (Å²) < 4.78 is 32.0. The lowest BCUT2D eigenvalue weighted by atomic mass is 10.2. The van der Waals surface area contributed by atoms with Crippen LogP contribution in [0.5, 0.6) is 0 Å². The summed E-state index contributed by atoms with van der Waals surface area (Å²) in [5.41, 5.74) is 0.962. The highest BCUT2D eigenvalue weighted by Crippen LogP contribution is 2.28. The molecule has 0 radical (unpaired) electrons. The number of halogens is 2. The van der Waals surface area contributed by atoms with Crippen LogP contribution in [0, 0.1) is 0 Å². The normalized spacial score (nSPS) is 11.4. The maximum atomic E-state index is 12.5. The first-order valence-electron chi connectivity index (χ1n) is 9.54. The van der Waals surface area contributed by atoms with Gasteiger partial charge < -0.3 is 9.64 Å². The Morgan fingerprint density at radius 3 is 2.23 bits per heavy atom. The molecular formula is C21H24Cl2N2O5S. The van der Waals surface area contributed by atoms with E-state index < -0.39 is 22.6 Å². The molecule has 0 saturated carbocycles. The number of carbonyl (C=O) groups excluding carboxylic acids is 2. The lowest BCUT2D eigenvalue weighted by Crippen LogP contribution is -2.39. The average molecular weight is 487 g/mol.